The minimum absolute atomic E-state index is 0.0486. The lowest BCUT2D eigenvalue weighted by molar-refractivity contribution is -0.0329. The van der Waals surface area contributed by atoms with Gasteiger partial charge in [-0.05, 0) is 26.9 Å². The van der Waals surface area contributed by atoms with Gasteiger partial charge in [-0.1, -0.05) is 13.8 Å². The largest absolute Gasteiger partial charge is 0.374 e. The monoisotopic (exact) mass is 160 g/mol. The SMILES string of the molecule is CCC(N(C)C)C(N)(O)CC. The summed E-state index contributed by atoms with van der Waals surface area (Å²) in [6.07, 6.45) is 1.46. The normalized spacial score (nSPS) is 19.9. The Bertz CT molecular complexity index is 113. The molecular formula is C8H20N2O. The van der Waals surface area contributed by atoms with E-state index in [1.165, 1.54) is 0 Å². The zero-order valence-electron chi connectivity index (χ0n) is 7.96. The molecule has 0 heterocycles. The van der Waals surface area contributed by atoms with E-state index in [1.807, 2.05) is 32.8 Å². The predicted octanol–water partition coefficient (Wildman–Crippen LogP) is 0.384. The Hall–Kier alpha value is -0.120. The summed E-state index contributed by atoms with van der Waals surface area (Å²) in [6.45, 7) is 3.92. The lowest BCUT2D eigenvalue weighted by atomic mass is 9.99. The third-order valence-electron chi connectivity index (χ3n) is 2.15. The molecule has 68 valence electrons. The first kappa shape index (κ1) is 10.9. The Morgan fingerprint density at radius 1 is 1.45 bits per heavy atom. The molecule has 0 saturated carbocycles. The fraction of sp³-hybridized carbons (Fsp3) is 1.00. The second-order valence-corrected chi connectivity index (χ2v) is 3.23. The van der Waals surface area contributed by atoms with Crippen molar-refractivity contribution in [1.82, 2.24) is 4.90 Å². The summed E-state index contributed by atoms with van der Waals surface area (Å²) in [5, 5.41) is 9.69. The summed E-state index contributed by atoms with van der Waals surface area (Å²) in [5.41, 5.74) is 4.64. The lowest BCUT2D eigenvalue weighted by Crippen LogP contribution is -2.56. The highest BCUT2D eigenvalue weighted by Gasteiger charge is 2.30. The van der Waals surface area contributed by atoms with Crippen molar-refractivity contribution in [2.45, 2.75) is 38.5 Å². The molecule has 0 aromatic carbocycles. The molecule has 3 N–H and O–H groups in total. The van der Waals surface area contributed by atoms with Crippen molar-refractivity contribution < 1.29 is 5.11 Å². The summed E-state index contributed by atoms with van der Waals surface area (Å²) in [4.78, 5) is 1.96. The zero-order chi connectivity index (χ0) is 9.07. The van der Waals surface area contributed by atoms with Gasteiger partial charge in [0.05, 0.1) is 6.04 Å². The van der Waals surface area contributed by atoms with E-state index in [4.69, 9.17) is 5.73 Å². The topological polar surface area (TPSA) is 49.5 Å². The fourth-order valence-electron chi connectivity index (χ4n) is 1.40. The first-order valence-corrected chi connectivity index (χ1v) is 4.13. The quantitative estimate of drug-likeness (QED) is 0.585. The van der Waals surface area contributed by atoms with Crippen LogP contribution in [0.2, 0.25) is 0 Å². The van der Waals surface area contributed by atoms with Gasteiger partial charge in [0.2, 0.25) is 0 Å². The molecule has 0 amide bonds. The highest BCUT2D eigenvalue weighted by atomic mass is 16.3. The van der Waals surface area contributed by atoms with Crippen LogP contribution in [0.5, 0.6) is 0 Å². The van der Waals surface area contributed by atoms with Crippen LogP contribution in [0, 0.1) is 0 Å². The molecule has 0 fully saturated rings. The summed E-state index contributed by atoms with van der Waals surface area (Å²) >= 11 is 0. The molecule has 0 rings (SSSR count). The fourth-order valence-corrected chi connectivity index (χ4v) is 1.40. The molecule has 0 aliphatic rings. The van der Waals surface area contributed by atoms with Gasteiger partial charge in [0, 0.05) is 0 Å². The summed E-state index contributed by atoms with van der Waals surface area (Å²) in [6, 6.07) is 0.0486. The standard InChI is InChI=1S/C8H20N2O/c1-5-7(10(3)4)8(9,11)6-2/h7,11H,5-6,9H2,1-4H3. The first-order chi connectivity index (χ1) is 4.95. The molecule has 0 radical (unpaired) electrons. The van der Waals surface area contributed by atoms with E-state index in [-0.39, 0.29) is 6.04 Å². The van der Waals surface area contributed by atoms with Crippen molar-refractivity contribution in [1.29, 1.82) is 0 Å². The Balaban J connectivity index is 4.23. The maximum atomic E-state index is 9.69. The van der Waals surface area contributed by atoms with Crippen molar-refractivity contribution in [2.24, 2.45) is 5.73 Å². The Labute approximate surface area is 69.2 Å². The number of hydrogen-bond acceptors (Lipinski definition) is 3. The van der Waals surface area contributed by atoms with Crippen molar-refractivity contribution in [2.75, 3.05) is 14.1 Å². The zero-order valence-corrected chi connectivity index (χ0v) is 7.96. The van der Waals surface area contributed by atoms with Crippen LogP contribution in [0.3, 0.4) is 0 Å². The van der Waals surface area contributed by atoms with Crippen LogP contribution in [0.4, 0.5) is 0 Å². The molecule has 3 heteroatoms. The molecule has 11 heavy (non-hydrogen) atoms. The number of rotatable bonds is 4. The molecule has 2 unspecified atom stereocenters. The van der Waals surface area contributed by atoms with E-state index in [0.717, 1.165) is 6.42 Å². The molecule has 0 aromatic heterocycles. The van der Waals surface area contributed by atoms with Crippen LogP contribution in [0.15, 0.2) is 0 Å². The average molecular weight is 160 g/mol. The highest BCUT2D eigenvalue weighted by molar-refractivity contribution is 4.83. The van der Waals surface area contributed by atoms with Gasteiger partial charge in [-0.2, -0.15) is 0 Å². The van der Waals surface area contributed by atoms with Crippen LogP contribution < -0.4 is 5.73 Å². The minimum Gasteiger partial charge on any atom is -0.374 e. The number of nitrogens with zero attached hydrogens (tertiary/aromatic N) is 1. The second kappa shape index (κ2) is 4.04. The Morgan fingerprint density at radius 2 is 1.91 bits per heavy atom. The summed E-state index contributed by atoms with van der Waals surface area (Å²) in [5.74, 6) is 0. The van der Waals surface area contributed by atoms with Crippen molar-refractivity contribution in [3.05, 3.63) is 0 Å². The molecule has 0 aromatic rings. The van der Waals surface area contributed by atoms with Crippen LogP contribution >= 0.6 is 0 Å². The third-order valence-corrected chi connectivity index (χ3v) is 2.15. The van der Waals surface area contributed by atoms with Crippen LogP contribution in [-0.4, -0.2) is 35.9 Å². The second-order valence-electron chi connectivity index (χ2n) is 3.23. The first-order valence-electron chi connectivity index (χ1n) is 4.13. The van der Waals surface area contributed by atoms with Crippen molar-refractivity contribution in [3.63, 3.8) is 0 Å². The molecule has 0 aliphatic heterocycles. The van der Waals surface area contributed by atoms with Gasteiger partial charge in [-0.25, -0.2) is 0 Å². The number of likely N-dealkylation sites (N-methyl/N-ethyl adjacent to an activating group) is 1. The molecule has 2 atom stereocenters. The van der Waals surface area contributed by atoms with Gasteiger partial charge < -0.3 is 15.7 Å². The van der Waals surface area contributed by atoms with E-state index in [2.05, 4.69) is 0 Å². The molecule has 0 bridgehead atoms. The van der Waals surface area contributed by atoms with Gasteiger partial charge in [0.15, 0.2) is 0 Å². The summed E-state index contributed by atoms with van der Waals surface area (Å²) in [7, 11) is 3.86. The van der Waals surface area contributed by atoms with Gasteiger partial charge >= 0.3 is 0 Å². The molecule has 3 nitrogen and oxygen atoms in total. The molecule has 0 aliphatic carbocycles. The van der Waals surface area contributed by atoms with Gasteiger partial charge in [-0.15, -0.1) is 0 Å². The lowest BCUT2D eigenvalue weighted by Gasteiger charge is -2.35. The smallest absolute Gasteiger partial charge is 0.128 e. The van der Waals surface area contributed by atoms with E-state index in [0.29, 0.717) is 6.42 Å². The highest BCUT2D eigenvalue weighted by Crippen LogP contribution is 2.15. The number of nitrogens with two attached hydrogens (primary N) is 1. The van der Waals surface area contributed by atoms with Crippen molar-refractivity contribution >= 4 is 0 Å². The minimum atomic E-state index is -1.04. The third kappa shape index (κ3) is 2.77. The maximum Gasteiger partial charge on any atom is 0.128 e. The Kier molecular flexibility index (Phi) is 4.00. The van der Waals surface area contributed by atoms with E-state index >= 15 is 0 Å². The van der Waals surface area contributed by atoms with Crippen molar-refractivity contribution in [3.8, 4) is 0 Å². The average Bonchev–Trinajstić information content (AvgIpc) is 1.88. The van der Waals surface area contributed by atoms with Gasteiger partial charge in [0.1, 0.15) is 5.72 Å². The van der Waals surface area contributed by atoms with Gasteiger partial charge in [-0.3, -0.25) is 0 Å². The number of hydrogen-bond donors (Lipinski definition) is 2. The van der Waals surface area contributed by atoms with Crippen LogP contribution in [0.25, 0.3) is 0 Å². The van der Waals surface area contributed by atoms with E-state index < -0.39 is 5.72 Å². The molecule has 0 spiro atoms. The maximum absolute atomic E-state index is 9.69. The number of aliphatic hydroxyl groups is 1. The van der Waals surface area contributed by atoms with Gasteiger partial charge in [0.25, 0.3) is 0 Å². The summed E-state index contributed by atoms with van der Waals surface area (Å²) < 4.78 is 0. The van der Waals surface area contributed by atoms with E-state index in [9.17, 15) is 5.11 Å². The predicted molar refractivity (Wildman–Crippen MR) is 47.2 cm³/mol. The van der Waals surface area contributed by atoms with Crippen LogP contribution in [0.1, 0.15) is 26.7 Å². The van der Waals surface area contributed by atoms with Crippen LogP contribution in [-0.2, 0) is 0 Å². The Morgan fingerprint density at radius 3 is 2.00 bits per heavy atom. The van der Waals surface area contributed by atoms with E-state index in [1.54, 1.807) is 0 Å². The molecular weight excluding hydrogens is 140 g/mol. The molecule has 0 saturated heterocycles.